The van der Waals surface area contributed by atoms with Crippen molar-refractivity contribution in [3.8, 4) is 11.3 Å². The molecule has 0 spiro atoms. The Kier molecular flexibility index (Phi) is 4.99. The largest absolute Gasteiger partial charge is 0.302 e. The molecular weight excluding hydrogens is 399 g/mol. The van der Waals surface area contributed by atoms with Gasteiger partial charge >= 0.3 is 0 Å². The SMILES string of the molecule is O=C(CCS(=O)(=O)c1ccc(F)cc1)Nc1nc2c(s1)CCc1ccccc1-2. The number of hydrogen-bond donors (Lipinski definition) is 1. The standard InChI is InChI=1S/C20H17FN2O3S2/c21-14-6-8-15(9-7-14)28(25,26)12-11-18(24)22-20-23-19-16-4-2-1-3-13(16)5-10-17(19)27-20/h1-4,6-9H,5,10-12H2,(H,22,23,24). The number of sulfone groups is 1. The van der Waals surface area contributed by atoms with E-state index in [9.17, 15) is 17.6 Å². The second-order valence-corrected chi connectivity index (χ2v) is 9.71. The number of halogens is 1. The van der Waals surface area contributed by atoms with E-state index in [4.69, 9.17) is 0 Å². The highest BCUT2D eigenvalue weighted by molar-refractivity contribution is 7.91. The van der Waals surface area contributed by atoms with Gasteiger partial charge < -0.3 is 5.32 Å². The van der Waals surface area contributed by atoms with Gasteiger partial charge in [0.25, 0.3) is 0 Å². The monoisotopic (exact) mass is 416 g/mol. The van der Waals surface area contributed by atoms with Crippen LogP contribution in [0.1, 0.15) is 16.9 Å². The van der Waals surface area contributed by atoms with E-state index < -0.39 is 21.6 Å². The summed E-state index contributed by atoms with van der Waals surface area (Å²) in [5.74, 6) is -1.27. The van der Waals surface area contributed by atoms with E-state index in [1.54, 1.807) is 0 Å². The molecule has 2 aromatic carbocycles. The molecule has 0 fully saturated rings. The number of fused-ring (bicyclic) bond motifs is 3. The van der Waals surface area contributed by atoms with E-state index in [0.29, 0.717) is 5.13 Å². The number of carbonyl (C=O) groups excluding carboxylic acids is 1. The second kappa shape index (κ2) is 7.44. The maximum absolute atomic E-state index is 13.0. The van der Waals surface area contributed by atoms with Gasteiger partial charge in [0.15, 0.2) is 15.0 Å². The minimum absolute atomic E-state index is 0.00280. The average Bonchev–Trinajstić information content (AvgIpc) is 3.10. The molecular formula is C20H17FN2O3S2. The Bertz CT molecular complexity index is 1140. The molecule has 0 aliphatic heterocycles. The highest BCUT2D eigenvalue weighted by Crippen LogP contribution is 2.37. The Balaban J connectivity index is 1.43. The third-order valence-corrected chi connectivity index (χ3v) is 7.37. The van der Waals surface area contributed by atoms with Crippen LogP contribution in [-0.2, 0) is 27.5 Å². The molecule has 0 atom stereocenters. The summed E-state index contributed by atoms with van der Waals surface area (Å²) in [6.45, 7) is 0. The lowest BCUT2D eigenvalue weighted by molar-refractivity contribution is -0.115. The number of thiazole rings is 1. The summed E-state index contributed by atoms with van der Waals surface area (Å²) in [5.41, 5.74) is 3.21. The van der Waals surface area contributed by atoms with Gasteiger partial charge in [-0.25, -0.2) is 17.8 Å². The molecule has 0 radical (unpaired) electrons. The molecule has 1 aliphatic carbocycles. The van der Waals surface area contributed by atoms with Crippen molar-refractivity contribution in [2.24, 2.45) is 0 Å². The van der Waals surface area contributed by atoms with Crippen LogP contribution >= 0.6 is 11.3 Å². The molecule has 0 saturated heterocycles. The zero-order valence-electron chi connectivity index (χ0n) is 14.8. The average molecular weight is 416 g/mol. The minimum atomic E-state index is -3.65. The molecule has 1 aliphatic rings. The first-order chi connectivity index (χ1) is 13.4. The molecule has 0 bridgehead atoms. The molecule has 0 saturated carbocycles. The summed E-state index contributed by atoms with van der Waals surface area (Å²) < 4.78 is 37.5. The van der Waals surface area contributed by atoms with Crippen molar-refractivity contribution in [3.05, 3.63) is 64.8 Å². The van der Waals surface area contributed by atoms with E-state index >= 15 is 0 Å². The van der Waals surface area contributed by atoms with Gasteiger partial charge in [0.05, 0.1) is 16.3 Å². The molecule has 5 nitrogen and oxygen atoms in total. The molecule has 1 amide bonds. The summed E-state index contributed by atoms with van der Waals surface area (Å²) in [4.78, 5) is 17.9. The summed E-state index contributed by atoms with van der Waals surface area (Å²) in [6, 6.07) is 12.6. The molecule has 1 N–H and O–H groups in total. The van der Waals surface area contributed by atoms with Gasteiger partial charge in [-0.2, -0.15) is 0 Å². The fraction of sp³-hybridized carbons (Fsp3) is 0.200. The molecule has 144 valence electrons. The Morgan fingerprint density at radius 1 is 1.11 bits per heavy atom. The van der Waals surface area contributed by atoms with Crippen molar-refractivity contribution in [2.75, 3.05) is 11.1 Å². The van der Waals surface area contributed by atoms with E-state index in [-0.39, 0.29) is 17.1 Å². The van der Waals surface area contributed by atoms with Gasteiger partial charge in [-0.05, 0) is 42.7 Å². The van der Waals surface area contributed by atoms with E-state index in [2.05, 4.69) is 16.4 Å². The van der Waals surface area contributed by atoms with E-state index in [1.165, 1.54) is 29.0 Å². The number of aromatic nitrogens is 1. The van der Waals surface area contributed by atoms with Crippen LogP contribution < -0.4 is 5.32 Å². The van der Waals surface area contributed by atoms with Crippen LogP contribution in [0.4, 0.5) is 9.52 Å². The van der Waals surface area contributed by atoms with E-state index in [1.807, 2.05) is 18.2 Å². The van der Waals surface area contributed by atoms with E-state index in [0.717, 1.165) is 41.1 Å². The Labute approximate surface area is 166 Å². The lowest BCUT2D eigenvalue weighted by Crippen LogP contribution is -2.17. The van der Waals surface area contributed by atoms with Gasteiger partial charge in [0.2, 0.25) is 5.91 Å². The number of anilines is 1. The molecule has 28 heavy (non-hydrogen) atoms. The van der Waals surface area contributed by atoms with Crippen molar-refractivity contribution < 1.29 is 17.6 Å². The topological polar surface area (TPSA) is 76.1 Å². The third kappa shape index (κ3) is 3.83. The molecule has 8 heteroatoms. The number of nitrogens with one attached hydrogen (secondary N) is 1. The number of nitrogens with zero attached hydrogens (tertiary/aromatic N) is 1. The normalized spacial score (nSPS) is 12.9. The fourth-order valence-corrected chi connectivity index (χ4v) is 5.40. The fourth-order valence-electron chi connectivity index (χ4n) is 3.17. The van der Waals surface area contributed by atoms with Gasteiger partial charge in [0, 0.05) is 16.9 Å². The maximum atomic E-state index is 13.0. The van der Waals surface area contributed by atoms with Crippen molar-refractivity contribution in [1.29, 1.82) is 0 Å². The number of hydrogen-bond acceptors (Lipinski definition) is 5. The zero-order chi connectivity index (χ0) is 19.7. The van der Waals surface area contributed by atoms with Crippen LogP contribution in [0.15, 0.2) is 53.4 Å². The lowest BCUT2D eigenvalue weighted by Gasteiger charge is -2.13. The summed E-state index contributed by atoms with van der Waals surface area (Å²) in [6.07, 6.45) is 1.62. The highest BCUT2D eigenvalue weighted by Gasteiger charge is 2.22. The number of aryl methyl sites for hydroxylation is 2. The number of benzene rings is 2. The van der Waals surface area contributed by atoms with Crippen molar-refractivity contribution in [3.63, 3.8) is 0 Å². The first kappa shape index (κ1) is 18.8. The maximum Gasteiger partial charge on any atom is 0.227 e. The summed E-state index contributed by atoms with van der Waals surface area (Å²) in [7, 11) is -3.65. The molecule has 4 rings (SSSR count). The van der Waals surface area contributed by atoms with Crippen LogP contribution in [-0.4, -0.2) is 25.1 Å². The predicted molar refractivity (Wildman–Crippen MR) is 107 cm³/mol. The van der Waals surface area contributed by atoms with Gasteiger partial charge in [-0.15, -0.1) is 11.3 Å². The third-order valence-electron chi connectivity index (χ3n) is 4.61. The Morgan fingerprint density at radius 3 is 2.64 bits per heavy atom. The highest BCUT2D eigenvalue weighted by atomic mass is 32.2. The second-order valence-electron chi connectivity index (χ2n) is 6.52. The van der Waals surface area contributed by atoms with Crippen molar-refractivity contribution >= 4 is 32.2 Å². The summed E-state index contributed by atoms with van der Waals surface area (Å²) >= 11 is 1.42. The van der Waals surface area contributed by atoms with Crippen LogP contribution in [0.5, 0.6) is 0 Å². The first-order valence-electron chi connectivity index (χ1n) is 8.78. The van der Waals surface area contributed by atoms with Gasteiger partial charge in [-0.1, -0.05) is 24.3 Å². The van der Waals surface area contributed by atoms with Crippen LogP contribution in [0.2, 0.25) is 0 Å². The smallest absolute Gasteiger partial charge is 0.227 e. The predicted octanol–water partition coefficient (Wildman–Crippen LogP) is 3.85. The first-order valence-corrected chi connectivity index (χ1v) is 11.3. The number of carbonyl (C=O) groups is 1. The van der Waals surface area contributed by atoms with Crippen LogP contribution in [0.25, 0.3) is 11.3 Å². The summed E-state index contributed by atoms with van der Waals surface area (Å²) in [5, 5.41) is 3.18. The molecule has 0 unspecified atom stereocenters. The molecule has 1 aromatic heterocycles. The number of rotatable bonds is 5. The van der Waals surface area contributed by atoms with Crippen LogP contribution in [0.3, 0.4) is 0 Å². The van der Waals surface area contributed by atoms with Crippen molar-refractivity contribution in [1.82, 2.24) is 4.98 Å². The minimum Gasteiger partial charge on any atom is -0.302 e. The quantitative estimate of drug-likeness (QED) is 0.641. The Morgan fingerprint density at radius 2 is 1.86 bits per heavy atom. The molecule has 1 heterocycles. The number of amides is 1. The Hall–Kier alpha value is -2.58. The molecule has 3 aromatic rings. The van der Waals surface area contributed by atoms with Crippen LogP contribution in [0, 0.1) is 5.82 Å². The van der Waals surface area contributed by atoms with Gasteiger partial charge in [-0.3, -0.25) is 4.79 Å². The van der Waals surface area contributed by atoms with Gasteiger partial charge in [0.1, 0.15) is 5.82 Å². The lowest BCUT2D eigenvalue weighted by atomic mass is 9.94. The van der Waals surface area contributed by atoms with Crippen molar-refractivity contribution in [2.45, 2.75) is 24.2 Å². The zero-order valence-corrected chi connectivity index (χ0v) is 16.4.